The van der Waals surface area contributed by atoms with Gasteiger partial charge in [-0.25, -0.2) is 4.57 Å². The Hall–Kier alpha value is 1.03. The summed E-state index contributed by atoms with van der Waals surface area (Å²) >= 11 is 1.24. The normalized spacial score (nSPS) is 10.6. The van der Waals surface area contributed by atoms with Crippen LogP contribution in [0.15, 0.2) is 0 Å². The molecule has 6 nitrogen and oxygen atoms in total. The number of hydrogen-bond acceptors (Lipinski definition) is 3. The summed E-state index contributed by atoms with van der Waals surface area (Å²) in [6.45, 7) is 2.38. The molecular weight excluding hydrogens is 210 g/mol. The zero-order valence-electron chi connectivity index (χ0n) is 7.84. The summed E-state index contributed by atoms with van der Waals surface area (Å²) in [5, 5.41) is 0. The van der Waals surface area contributed by atoms with Crippen molar-refractivity contribution in [2.24, 2.45) is 0 Å². The van der Waals surface area contributed by atoms with E-state index in [0.717, 1.165) is 19.8 Å². The molecule has 76 valence electrons. The standard InChI is InChI=1S/C5H11O2.Na.H3O4P/c1-3-7-5-4-6-2;;1-5(2,3)4/h1,3-5H2,2H3;;(H3,1,2,3,4). The molecule has 0 atom stereocenters. The molecule has 0 aliphatic carbocycles. The van der Waals surface area contributed by atoms with Gasteiger partial charge >= 0.3 is 75.8 Å². The molecule has 0 radical (unpaired) electrons. The van der Waals surface area contributed by atoms with Crippen LogP contribution in [-0.2, 0) is 14.0 Å². The molecule has 0 saturated heterocycles. The Morgan fingerprint density at radius 1 is 1.23 bits per heavy atom. The first kappa shape index (κ1) is 16.5. The molecule has 0 aliphatic rings. The predicted octanol–water partition coefficient (Wildman–Crippen LogP) is -0.692. The average molecular weight is 224 g/mol. The Labute approximate surface area is 94.9 Å². The van der Waals surface area contributed by atoms with Crippen molar-refractivity contribution >= 4 is 35.8 Å². The van der Waals surface area contributed by atoms with E-state index in [-0.39, 0.29) is 0 Å². The van der Waals surface area contributed by atoms with Crippen molar-refractivity contribution in [2.45, 2.75) is 3.67 Å². The molecular formula is C5H14NaO6P. The van der Waals surface area contributed by atoms with Crippen LogP contribution in [0.1, 0.15) is 0 Å². The molecule has 0 spiro atoms. The van der Waals surface area contributed by atoms with E-state index >= 15 is 0 Å². The van der Waals surface area contributed by atoms with Gasteiger partial charge in [-0.15, -0.1) is 0 Å². The Morgan fingerprint density at radius 3 is 2.00 bits per heavy atom. The van der Waals surface area contributed by atoms with Crippen LogP contribution in [0.4, 0.5) is 0 Å². The van der Waals surface area contributed by atoms with Crippen molar-refractivity contribution in [1.82, 2.24) is 0 Å². The first-order chi connectivity index (χ1) is 5.91. The molecule has 0 bridgehead atoms. The van der Waals surface area contributed by atoms with E-state index in [0.29, 0.717) is 0 Å². The molecule has 0 saturated carbocycles. The molecule has 3 N–H and O–H groups in total. The molecule has 0 heterocycles. The molecule has 0 unspecified atom stereocenters. The first-order valence-corrected chi connectivity index (χ1v) is 6.74. The zero-order valence-corrected chi connectivity index (χ0v) is 10.7. The Kier molecular flexibility index (Phi) is 14.1. The first-order valence-electron chi connectivity index (χ1n) is 3.76. The molecule has 13 heavy (non-hydrogen) atoms. The molecule has 0 aromatic rings. The van der Waals surface area contributed by atoms with E-state index in [1.807, 2.05) is 0 Å². The molecule has 0 aromatic heterocycles. The van der Waals surface area contributed by atoms with Gasteiger partial charge in [0.1, 0.15) is 0 Å². The third-order valence-corrected chi connectivity index (χ3v) is 1.19. The number of ether oxygens (including phenoxy) is 2. The van der Waals surface area contributed by atoms with Gasteiger partial charge in [-0.2, -0.15) is 0 Å². The number of hydrogen-bond donors (Lipinski definition) is 3. The summed E-state index contributed by atoms with van der Waals surface area (Å²) in [6, 6.07) is 0. The van der Waals surface area contributed by atoms with Gasteiger partial charge in [0.25, 0.3) is 0 Å². The Bertz CT molecular complexity index is 123. The SMILES string of the molecule is COCCOC[CH2][Na].O=P(O)(O)O. The molecule has 0 aliphatic heterocycles. The van der Waals surface area contributed by atoms with E-state index in [2.05, 4.69) is 0 Å². The fraction of sp³-hybridized carbons (Fsp3) is 1.00. The van der Waals surface area contributed by atoms with Gasteiger partial charge in [-0.1, -0.05) is 0 Å². The predicted molar refractivity (Wildman–Crippen MR) is 47.5 cm³/mol. The van der Waals surface area contributed by atoms with Crippen LogP contribution in [0.2, 0.25) is 3.67 Å². The summed E-state index contributed by atoms with van der Waals surface area (Å²) in [6.07, 6.45) is 0. The smallest absolute Gasteiger partial charge is 0.303 e. The number of rotatable bonds is 5. The van der Waals surface area contributed by atoms with Gasteiger partial charge in [0, 0.05) is 0 Å². The van der Waals surface area contributed by atoms with Gasteiger partial charge < -0.3 is 14.7 Å². The van der Waals surface area contributed by atoms with Crippen molar-refractivity contribution in [3.8, 4) is 0 Å². The maximum absolute atomic E-state index is 8.88. The van der Waals surface area contributed by atoms with Crippen molar-refractivity contribution in [3.63, 3.8) is 0 Å². The molecule has 0 aromatic carbocycles. The van der Waals surface area contributed by atoms with Gasteiger partial charge in [-0.05, 0) is 0 Å². The number of methoxy groups -OCH3 is 1. The van der Waals surface area contributed by atoms with Crippen LogP contribution in [-0.4, -0.2) is 69.5 Å². The summed E-state index contributed by atoms with van der Waals surface area (Å²) in [5.74, 6) is 0. The quantitative estimate of drug-likeness (QED) is 0.325. The minimum atomic E-state index is -4.64. The molecule has 0 fully saturated rings. The van der Waals surface area contributed by atoms with Gasteiger partial charge in [0.15, 0.2) is 0 Å². The van der Waals surface area contributed by atoms with Gasteiger partial charge in [-0.3, -0.25) is 0 Å². The zero-order chi connectivity index (χ0) is 10.7. The van der Waals surface area contributed by atoms with Crippen molar-refractivity contribution < 1.29 is 28.7 Å². The summed E-state index contributed by atoms with van der Waals surface area (Å²) in [5.41, 5.74) is 0. The summed E-state index contributed by atoms with van der Waals surface area (Å²) in [7, 11) is -2.95. The third kappa shape index (κ3) is 43.6. The Morgan fingerprint density at radius 2 is 1.69 bits per heavy atom. The average Bonchev–Trinajstić information content (AvgIpc) is 1.95. The fourth-order valence-corrected chi connectivity index (χ4v) is 0.677. The largest absolute Gasteiger partial charge is 0.466 e. The van der Waals surface area contributed by atoms with Crippen molar-refractivity contribution in [1.29, 1.82) is 0 Å². The second-order valence-electron chi connectivity index (χ2n) is 2.12. The molecule has 0 amide bonds. The topological polar surface area (TPSA) is 96.2 Å². The van der Waals surface area contributed by atoms with Crippen molar-refractivity contribution in [2.75, 3.05) is 26.9 Å². The second-order valence-corrected chi connectivity index (χ2v) is 4.15. The maximum atomic E-state index is 8.88. The van der Waals surface area contributed by atoms with Crippen LogP contribution >= 0.6 is 7.82 Å². The van der Waals surface area contributed by atoms with E-state index < -0.39 is 7.82 Å². The second kappa shape index (κ2) is 11.1. The van der Waals surface area contributed by atoms with E-state index in [1.54, 1.807) is 7.11 Å². The molecule has 8 heteroatoms. The van der Waals surface area contributed by atoms with Crippen LogP contribution in [0, 0.1) is 0 Å². The van der Waals surface area contributed by atoms with Gasteiger partial charge in [0.2, 0.25) is 0 Å². The minimum absolute atomic E-state index is 0.724. The fourth-order valence-electron chi connectivity index (χ4n) is 0.389. The van der Waals surface area contributed by atoms with Gasteiger partial charge in [0.05, 0.1) is 0 Å². The van der Waals surface area contributed by atoms with Crippen LogP contribution in [0.25, 0.3) is 0 Å². The van der Waals surface area contributed by atoms with E-state index in [1.165, 1.54) is 31.6 Å². The number of phosphoric acid groups is 1. The third-order valence-electron chi connectivity index (χ3n) is 0.780. The summed E-state index contributed by atoms with van der Waals surface area (Å²) < 4.78 is 20.0. The van der Waals surface area contributed by atoms with Crippen molar-refractivity contribution in [3.05, 3.63) is 0 Å². The maximum Gasteiger partial charge on any atom is 0.466 e. The minimum Gasteiger partial charge on any atom is -0.303 e. The monoisotopic (exact) mass is 224 g/mol. The summed E-state index contributed by atoms with van der Waals surface area (Å²) in [4.78, 5) is 21.6. The van der Waals surface area contributed by atoms with Crippen LogP contribution in [0.5, 0.6) is 0 Å². The van der Waals surface area contributed by atoms with E-state index in [9.17, 15) is 0 Å². The molecule has 0 rings (SSSR count). The Balaban J connectivity index is 0. The van der Waals surface area contributed by atoms with Crippen LogP contribution in [0.3, 0.4) is 0 Å². The van der Waals surface area contributed by atoms with E-state index in [4.69, 9.17) is 28.7 Å². The van der Waals surface area contributed by atoms with Crippen LogP contribution < -0.4 is 0 Å².